The predicted molar refractivity (Wildman–Crippen MR) is 101 cm³/mol. The van der Waals surface area contributed by atoms with E-state index >= 15 is 0 Å². The van der Waals surface area contributed by atoms with Crippen LogP contribution in [0, 0.1) is 6.92 Å². The molecule has 8 heteroatoms. The molecule has 0 aliphatic rings. The number of aromatic nitrogens is 3. The molecule has 25 heavy (non-hydrogen) atoms. The highest BCUT2D eigenvalue weighted by atomic mass is 35.5. The Morgan fingerprint density at radius 2 is 1.88 bits per heavy atom. The Bertz CT molecular complexity index is 904. The van der Waals surface area contributed by atoms with E-state index in [4.69, 9.17) is 27.9 Å². The summed E-state index contributed by atoms with van der Waals surface area (Å²) in [6, 6.07) is 10.9. The van der Waals surface area contributed by atoms with E-state index in [0.717, 1.165) is 16.9 Å². The molecule has 0 saturated heterocycles. The molecule has 0 fully saturated rings. The van der Waals surface area contributed by atoms with Crippen LogP contribution in [-0.4, -0.2) is 22.3 Å². The second-order valence-corrected chi connectivity index (χ2v) is 5.99. The van der Waals surface area contributed by atoms with Gasteiger partial charge in [0.2, 0.25) is 5.95 Å². The third-order valence-electron chi connectivity index (χ3n) is 3.50. The van der Waals surface area contributed by atoms with Crippen molar-refractivity contribution in [3.63, 3.8) is 0 Å². The van der Waals surface area contributed by atoms with Crippen LogP contribution in [0.1, 0.15) is 5.56 Å². The fourth-order valence-corrected chi connectivity index (χ4v) is 2.60. The largest absolute Gasteiger partial charge is 0.495 e. The summed E-state index contributed by atoms with van der Waals surface area (Å²) >= 11 is 12.3. The first-order valence-electron chi connectivity index (χ1n) is 7.39. The van der Waals surface area contributed by atoms with E-state index in [0.29, 0.717) is 27.6 Å². The molecule has 3 rings (SSSR count). The van der Waals surface area contributed by atoms with E-state index in [1.54, 1.807) is 19.2 Å². The minimum absolute atomic E-state index is 0.339. The zero-order chi connectivity index (χ0) is 17.8. The van der Waals surface area contributed by atoms with Gasteiger partial charge in [0.25, 0.3) is 0 Å². The fourth-order valence-electron chi connectivity index (χ4n) is 2.17. The number of nitrogens with zero attached hydrogens (tertiary/aromatic N) is 3. The lowest BCUT2D eigenvalue weighted by molar-refractivity contribution is 0.415. The van der Waals surface area contributed by atoms with Crippen molar-refractivity contribution in [2.24, 2.45) is 0 Å². The molecule has 2 aromatic carbocycles. The minimum Gasteiger partial charge on any atom is -0.495 e. The molecule has 0 saturated carbocycles. The number of anilines is 4. The average Bonchev–Trinajstić information content (AvgIpc) is 2.60. The Balaban J connectivity index is 1.79. The van der Waals surface area contributed by atoms with Crippen LogP contribution >= 0.6 is 23.2 Å². The van der Waals surface area contributed by atoms with Gasteiger partial charge >= 0.3 is 0 Å². The van der Waals surface area contributed by atoms with E-state index in [-0.39, 0.29) is 0 Å². The van der Waals surface area contributed by atoms with Crippen LogP contribution in [0.25, 0.3) is 0 Å². The van der Waals surface area contributed by atoms with Gasteiger partial charge in [-0.1, -0.05) is 29.3 Å². The van der Waals surface area contributed by atoms with Gasteiger partial charge < -0.3 is 15.4 Å². The van der Waals surface area contributed by atoms with Gasteiger partial charge in [0.1, 0.15) is 5.75 Å². The highest BCUT2D eigenvalue weighted by molar-refractivity contribution is 6.32. The normalized spacial score (nSPS) is 10.4. The monoisotopic (exact) mass is 375 g/mol. The number of halogens is 2. The minimum atomic E-state index is 0.339. The summed E-state index contributed by atoms with van der Waals surface area (Å²) in [6.07, 6.45) is 1.53. The summed E-state index contributed by atoms with van der Waals surface area (Å²) in [5.74, 6) is 1.48. The van der Waals surface area contributed by atoms with E-state index in [2.05, 4.69) is 25.8 Å². The van der Waals surface area contributed by atoms with Crippen LogP contribution in [0.5, 0.6) is 5.75 Å². The third kappa shape index (κ3) is 4.10. The van der Waals surface area contributed by atoms with Gasteiger partial charge in [-0.2, -0.15) is 10.1 Å². The summed E-state index contributed by atoms with van der Waals surface area (Å²) in [4.78, 5) is 4.39. The molecule has 0 aliphatic heterocycles. The molecule has 1 heterocycles. The topological polar surface area (TPSA) is 72.0 Å². The maximum atomic E-state index is 6.13. The second-order valence-electron chi connectivity index (χ2n) is 5.18. The van der Waals surface area contributed by atoms with Crippen LogP contribution in [0.2, 0.25) is 10.0 Å². The van der Waals surface area contributed by atoms with Gasteiger partial charge in [-0.05, 0) is 42.8 Å². The number of hydrogen-bond donors (Lipinski definition) is 2. The van der Waals surface area contributed by atoms with Gasteiger partial charge in [-0.3, -0.25) is 0 Å². The Morgan fingerprint density at radius 3 is 2.64 bits per heavy atom. The van der Waals surface area contributed by atoms with Crippen LogP contribution in [0.15, 0.2) is 42.6 Å². The first-order valence-corrected chi connectivity index (χ1v) is 8.15. The van der Waals surface area contributed by atoms with Crippen molar-refractivity contribution in [1.82, 2.24) is 15.2 Å². The van der Waals surface area contributed by atoms with Crippen molar-refractivity contribution >= 4 is 46.3 Å². The molecule has 2 N–H and O–H groups in total. The molecule has 0 unspecified atom stereocenters. The summed E-state index contributed by atoms with van der Waals surface area (Å²) < 4.78 is 5.13. The van der Waals surface area contributed by atoms with Gasteiger partial charge in [-0.25, -0.2) is 0 Å². The van der Waals surface area contributed by atoms with Gasteiger partial charge in [0, 0.05) is 16.4 Å². The molecule has 0 aliphatic carbocycles. The third-order valence-corrected chi connectivity index (χ3v) is 4.20. The number of ether oxygens (including phenoxy) is 1. The van der Waals surface area contributed by atoms with Crippen molar-refractivity contribution in [3.8, 4) is 5.75 Å². The summed E-state index contributed by atoms with van der Waals surface area (Å²) in [5, 5.41) is 15.3. The lowest BCUT2D eigenvalue weighted by atomic mass is 10.2. The van der Waals surface area contributed by atoms with Crippen LogP contribution in [0.4, 0.5) is 23.1 Å². The first kappa shape index (κ1) is 17.3. The SMILES string of the molecule is COc1ccc(Nc2nncc(Nc3cccc(Cl)c3C)n2)cc1Cl. The van der Waals surface area contributed by atoms with Crippen molar-refractivity contribution in [2.45, 2.75) is 6.92 Å². The molecule has 0 bridgehead atoms. The number of benzene rings is 2. The van der Waals surface area contributed by atoms with Gasteiger partial charge in [0.05, 0.1) is 18.3 Å². The van der Waals surface area contributed by atoms with E-state index in [1.807, 2.05) is 31.2 Å². The smallest absolute Gasteiger partial charge is 0.249 e. The van der Waals surface area contributed by atoms with Crippen LogP contribution in [-0.2, 0) is 0 Å². The number of rotatable bonds is 5. The molecule has 3 aromatic rings. The number of hydrogen-bond acceptors (Lipinski definition) is 6. The Hall–Kier alpha value is -2.57. The molecule has 0 radical (unpaired) electrons. The molecule has 0 amide bonds. The molecular formula is C17H15Cl2N5O. The number of nitrogens with one attached hydrogen (secondary N) is 2. The average molecular weight is 376 g/mol. The molecular weight excluding hydrogens is 361 g/mol. The van der Waals surface area contributed by atoms with Crippen molar-refractivity contribution < 1.29 is 4.74 Å². The molecule has 6 nitrogen and oxygen atoms in total. The van der Waals surface area contributed by atoms with E-state index in [9.17, 15) is 0 Å². The molecule has 0 atom stereocenters. The molecule has 128 valence electrons. The highest BCUT2D eigenvalue weighted by Gasteiger charge is 2.07. The van der Waals surface area contributed by atoms with Gasteiger partial charge in [0.15, 0.2) is 5.82 Å². The Labute approximate surface area is 155 Å². The van der Waals surface area contributed by atoms with Gasteiger partial charge in [-0.15, -0.1) is 5.10 Å². The lowest BCUT2D eigenvalue weighted by Gasteiger charge is -2.11. The predicted octanol–water partition coefficient (Wildman–Crippen LogP) is 4.98. The van der Waals surface area contributed by atoms with Crippen molar-refractivity contribution in [3.05, 3.63) is 58.2 Å². The molecule has 1 aromatic heterocycles. The first-order chi connectivity index (χ1) is 12.1. The maximum Gasteiger partial charge on any atom is 0.249 e. The maximum absolute atomic E-state index is 6.13. The summed E-state index contributed by atoms with van der Waals surface area (Å²) in [6.45, 7) is 1.93. The van der Waals surface area contributed by atoms with Crippen molar-refractivity contribution in [2.75, 3.05) is 17.7 Å². The second kappa shape index (κ2) is 7.55. The zero-order valence-electron chi connectivity index (χ0n) is 13.5. The lowest BCUT2D eigenvalue weighted by Crippen LogP contribution is -2.03. The zero-order valence-corrected chi connectivity index (χ0v) is 15.1. The quantitative estimate of drug-likeness (QED) is 0.654. The van der Waals surface area contributed by atoms with Crippen LogP contribution in [0.3, 0.4) is 0 Å². The van der Waals surface area contributed by atoms with E-state index < -0.39 is 0 Å². The number of methoxy groups -OCH3 is 1. The summed E-state index contributed by atoms with van der Waals surface area (Å²) in [7, 11) is 1.56. The van der Waals surface area contributed by atoms with E-state index in [1.165, 1.54) is 6.20 Å². The summed E-state index contributed by atoms with van der Waals surface area (Å²) in [5.41, 5.74) is 2.51. The highest BCUT2D eigenvalue weighted by Crippen LogP contribution is 2.29. The fraction of sp³-hybridized carbons (Fsp3) is 0.118. The van der Waals surface area contributed by atoms with Crippen molar-refractivity contribution in [1.29, 1.82) is 0 Å². The Morgan fingerprint density at radius 1 is 1.04 bits per heavy atom. The Kier molecular flexibility index (Phi) is 5.21. The van der Waals surface area contributed by atoms with Crippen LogP contribution < -0.4 is 15.4 Å². The standard InChI is InChI=1S/C17H15Cl2N5O/c1-10-12(18)4-3-5-14(10)22-16-9-20-24-17(23-16)21-11-6-7-15(25-2)13(19)8-11/h3-9H,1-2H3,(H2,21,22,23,24). The molecule has 0 spiro atoms.